The van der Waals surface area contributed by atoms with Gasteiger partial charge < -0.3 is 14.8 Å². The Bertz CT molecular complexity index is 278. The summed E-state index contributed by atoms with van der Waals surface area (Å²) in [6.07, 6.45) is 1.04. The second kappa shape index (κ2) is 5.62. The summed E-state index contributed by atoms with van der Waals surface area (Å²) in [4.78, 5) is 0. The molecule has 0 saturated carbocycles. The van der Waals surface area contributed by atoms with E-state index in [4.69, 9.17) is 14.8 Å². The van der Waals surface area contributed by atoms with Gasteiger partial charge in [0.2, 0.25) is 0 Å². The van der Waals surface area contributed by atoms with Crippen LogP contribution in [0.3, 0.4) is 0 Å². The number of allylic oxidation sites excluding steroid dienone is 4. The van der Waals surface area contributed by atoms with E-state index in [1.165, 1.54) is 7.11 Å². The van der Waals surface area contributed by atoms with Crippen LogP contribution in [0.2, 0.25) is 0 Å². The molecule has 0 amide bonds. The first-order chi connectivity index (χ1) is 6.45. The Labute approximate surface area is 83.4 Å². The van der Waals surface area contributed by atoms with E-state index in [0.717, 1.165) is 6.08 Å². The molecule has 0 saturated heterocycles. The second-order valence-corrected chi connectivity index (χ2v) is 2.88. The van der Waals surface area contributed by atoms with Crippen LogP contribution in [0.1, 0.15) is 13.8 Å². The molecule has 0 aromatic rings. The van der Waals surface area contributed by atoms with E-state index in [0.29, 0.717) is 5.57 Å². The molecule has 2 N–H and O–H groups in total. The zero-order valence-corrected chi connectivity index (χ0v) is 8.54. The molecule has 0 rings (SSSR count). The Morgan fingerprint density at radius 3 is 2.14 bits per heavy atom. The lowest BCUT2D eigenvalue weighted by molar-refractivity contribution is 0.277. The van der Waals surface area contributed by atoms with Crippen molar-refractivity contribution in [1.82, 2.24) is 0 Å². The van der Waals surface area contributed by atoms with Crippen LogP contribution in [0.25, 0.3) is 0 Å². The zero-order chi connectivity index (χ0) is 11.3. The van der Waals surface area contributed by atoms with Crippen LogP contribution >= 0.6 is 0 Å². The third-order valence-electron chi connectivity index (χ3n) is 1.61. The molecular weight excluding hydrogens is 186 g/mol. The van der Waals surface area contributed by atoms with Crippen molar-refractivity contribution in [3.8, 4) is 0 Å². The van der Waals surface area contributed by atoms with E-state index in [1.807, 2.05) is 0 Å². The van der Waals surface area contributed by atoms with Crippen LogP contribution in [0.4, 0.5) is 4.39 Å². The Morgan fingerprint density at radius 2 is 1.93 bits per heavy atom. The lowest BCUT2D eigenvalue weighted by Gasteiger charge is -2.09. The molecule has 0 fully saturated rings. The van der Waals surface area contributed by atoms with Crippen molar-refractivity contribution in [2.24, 2.45) is 0 Å². The van der Waals surface area contributed by atoms with Crippen molar-refractivity contribution in [2.45, 2.75) is 13.8 Å². The summed E-state index contributed by atoms with van der Waals surface area (Å²) in [5.74, 6) is -0.814. The van der Waals surface area contributed by atoms with E-state index in [2.05, 4.69) is 6.58 Å². The summed E-state index contributed by atoms with van der Waals surface area (Å²) in [5, 5.41) is 17.6. The lowest BCUT2D eigenvalue weighted by atomic mass is 9.78. The zero-order valence-electron chi connectivity index (χ0n) is 8.54. The highest BCUT2D eigenvalue weighted by molar-refractivity contribution is 6.52. The van der Waals surface area contributed by atoms with Crippen molar-refractivity contribution in [3.63, 3.8) is 0 Å². The average Bonchev–Trinajstić information content (AvgIpc) is 2.04. The molecule has 0 heterocycles. The van der Waals surface area contributed by atoms with Gasteiger partial charge in [-0.1, -0.05) is 12.7 Å². The first kappa shape index (κ1) is 12.9. The van der Waals surface area contributed by atoms with Crippen LogP contribution in [-0.2, 0) is 4.74 Å². The summed E-state index contributed by atoms with van der Waals surface area (Å²) in [6, 6.07) is 0. The van der Waals surface area contributed by atoms with Gasteiger partial charge in [0, 0.05) is 5.47 Å². The molecule has 0 spiro atoms. The molecule has 3 nitrogen and oxygen atoms in total. The van der Waals surface area contributed by atoms with Gasteiger partial charge in [0.15, 0.2) is 11.6 Å². The highest BCUT2D eigenvalue weighted by Gasteiger charge is 2.20. The normalized spacial score (nSPS) is 11.6. The first-order valence-corrected chi connectivity index (χ1v) is 4.05. The Balaban J connectivity index is 5.34. The third-order valence-corrected chi connectivity index (χ3v) is 1.61. The molecule has 5 heteroatoms. The van der Waals surface area contributed by atoms with Crippen LogP contribution in [0, 0.1) is 0 Å². The topological polar surface area (TPSA) is 49.7 Å². The molecular formula is C9H14BFO3. The van der Waals surface area contributed by atoms with Gasteiger partial charge in [0.1, 0.15) is 0 Å². The molecule has 0 aliphatic heterocycles. The number of hydrogen-bond donors (Lipinski definition) is 2. The van der Waals surface area contributed by atoms with Crippen LogP contribution in [0.15, 0.2) is 35.3 Å². The fourth-order valence-corrected chi connectivity index (χ4v) is 0.953. The van der Waals surface area contributed by atoms with E-state index >= 15 is 0 Å². The van der Waals surface area contributed by atoms with Gasteiger partial charge in [-0.2, -0.15) is 0 Å². The van der Waals surface area contributed by atoms with Gasteiger partial charge >= 0.3 is 7.12 Å². The highest BCUT2D eigenvalue weighted by Crippen LogP contribution is 2.21. The minimum atomic E-state index is -1.89. The average molecular weight is 200 g/mol. The Kier molecular flexibility index (Phi) is 5.19. The molecule has 0 atom stereocenters. The van der Waals surface area contributed by atoms with Crippen molar-refractivity contribution < 1.29 is 19.2 Å². The minimum absolute atomic E-state index is 0.00648. The predicted molar refractivity (Wildman–Crippen MR) is 53.9 cm³/mol. The quantitative estimate of drug-likeness (QED) is 0.409. The molecule has 14 heavy (non-hydrogen) atoms. The Hall–Kier alpha value is -1.07. The SMILES string of the molecule is C=C/C(B(O)O)=C(/F)C(OC)=C(C)C. The van der Waals surface area contributed by atoms with Crippen molar-refractivity contribution in [3.05, 3.63) is 35.3 Å². The van der Waals surface area contributed by atoms with E-state index in [9.17, 15) is 4.39 Å². The minimum Gasteiger partial charge on any atom is -0.494 e. The maximum atomic E-state index is 13.5. The number of hydrogen-bond acceptors (Lipinski definition) is 3. The first-order valence-electron chi connectivity index (χ1n) is 4.05. The van der Waals surface area contributed by atoms with Gasteiger partial charge in [-0.25, -0.2) is 4.39 Å². The van der Waals surface area contributed by atoms with Crippen LogP contribution in [0.5, 0.6) is 0 Å². The van der Waals surface area contributed by atoms with Crippen molar-refractivity contribution in [1.29, 1.82) is 0 Å². The van der Waals surface area contributed by atoms with Gasteiger partial charge in [-0.15, -0.1) is 0 Å². The van der Waals surface area contributed by atoms with E-state index in [1.54, 1.807) is 13.8 Å². The standard InChI is InChI=1S/C9H14BFO3/c1-5-7(10(12)13)8(11)9(14-4)6(2)3/h5,12-13H,1H2,2-4H3/b8-7-. The van der Waals surface area contributed by atoms with Crippen LogP contribution < -0.4 is 0 Å². The summed E-state index contributed by atoms with van der Waals surface area (Å²) in [6.45, 7) is 6.59. The van der Waals surface area contributed by atoms with Gasteiger partial charge in [0.05, 0.1) is 7.11 Å². The van der Waals surface area contributed by atoms with Crippen molar-refractivity contribution >= 4 is 7.12 Å². The molecule has 0 aliphatic rings. The van der Waals surface area contributed by atoms with Gasteiger partial charge in [-0.05, 0) is 19.4 Å². The van der Waals surface area contributed by atoms with E-state index in [-0.39, 0.29) is 11.2 Å². The number of ether oxygens (including phenoxy) is 1. The molecule has 0 aliphatic carbocycles. The summed E-state index contributed by atoms with van der Waals surface area (Å²) in [5.41, 5.74) is 0.299. The smallest absolute Gasteiger partial charge is 0.491 e. The monoisotopic (exact) mass is 200 g/mol. The Morgan fingerprint density at radius 1 is 1.43 bits per heavy atom. The predicted octanol–water partition coefficient (Wildman–Crippen LogP) is 1.35. The molecule has 0 radical (unpaired) electrons. The molecule has 78 valence electrons. The second-order valence-electron chi connectivity index (χ2n) is 2.88. The largest absolute Gasteiger partial charge is 0.494 e. The maximum absolute atomic E-state index is 13.5. The molecule has 0 aromatic heterocycles. The summed E-state index contributed by atoms with van der Waals surface area (Å²) >= 11 is 0. The molecule has 0 unspecified atom stereocenters. The summed E-state index contributed by atoms with van der Waals surface area (Å²) < 4.78 is 18.3. The highest BCUT2D eigenvalue weighted by atomic mass is 19.1. The lowest BCUT2D eigenvalue weighted by Crippen LogP contribution is -2.16. The third kappa shape index (κ3) is 3.01. The molecule has 0 bridgehead atoms. The fraction of sp³-hybridized carbons (Fsp3) is 0.333. The number of halogens is 1. The van der Waals surface area contributed by atoms with Gasteiger partial charge in [-0.3, -0.25) is 0 Å². The van der Waals surface area contributed by atoms with Crippen LogP contribution in [-0.4, -0.2) is 24.3 Å². The molecule has 0 aromatic carbocycles. The van der Waals surface area contributed by atoms with E-state index < -0.39 is 12.9 Å². The number of rotatable bonds is 4. The maximum Gasteiger partial charge on any atom is 0.491 e. The number of methoxy groups -OCH3 is 1. The fourth-order valence-electron chi connectivity index (χ4n) is 0.953. The van der Waals surface area contributed by atoms with Crippen molar-refractivity contribution in [2.75, 3.05) is 7.11 Å². The van der Waals surface area contributed by atoms with Gasteiger partial charge in [0.25, 0.3) is 0 Å². The summed E-state index contributed by atoms with van der Waals surface area (Å²) in [7, 11) is -0.580.